The first-order chi connectivity index (χ1) is 27.9. The Hall–Kier alpha value is -1.22. The molecule has 0 amide bonds. The Balaban J connectivity index is -0.0000000702. The molecule has 0 unspecified atom stereocenters. The van der Waals surface area contributed by atoms with Crippen molar-refractivity contribution in [2.75, 3.05) is 0 Å². The molecule has 0 saturated carbocycles. The Morgan fingerprint density at radius 1 is 0.367 bits per heavy atom. The quantitative estimate of drug-likeness (QED) is 0.0690. The SMILES string of the molecule is C=CCC(C)C.CC(C)C.CC/C=C/CC(C)C.CC/C=C\CC(C)C.CCC#CCC(C)C.CCC(C)C.CCCC(C)C.CCCCC(C)C.CCCCCC(C)C. The Kier molecular flexibility index (Phi) is 99.2. The fraction of sp³-hybridized carbons (Fsp3) is 0.867. The molecule has 0 saturated heterocycles. The van der Waals surface area contributed by atoms with Gasteiger partial charge in [-0.3, -0.25) is 0 Å². The summed E-state index contributed by atoms with van der Waals surface area (Å²) in [5, 5.41) is 0. The van der Waals surface area contributed by atoms with E-state index in [1.165, 1.54) is 89.9 Å². The van der Waals surface area contributed by atoms with Crippen LogP contribution in [-0.4, -0.2) is 0 Å². The van der Waals surface area contributed by atoms with Crippen molar-refractivity contribution >= 4 is 0 Å². The minimum Gasteiger partial charge on any atom is -0.104 e. The lowest BCUT2D eigenvalue weighted by atomic mass is 10.1. The van der Waals surface area contributed by atoms with Crippen LogP contribution in [0.2, 0.25) is 0 Å². The van der Waals surface area contributed by atoms with Gasteiger partial charge in [-0.15, -0.1) is 18.4 Å². The van der Waals surface area contributed by atoms with Gasteiger partial charge in [0.2, 0.25) is 0 Å². The Labute approximate surface area is 389 Å². The monoisotopic (exact) mass is 849 g/mol. The molecular weight excluding hydrogens is 721 g/mol. The normalized spacial score (nSPS) is 10.1. The van der Waals surface area contributed by atoms with Crippen LogP contribution >= 0.6 is 0 Å². The molecule has 0 bridgehead atoms. The van der Waals surface area contributed by atoms with E-state index in [0.717, 1.165) is 72.5 Å². The van der Waals surface area contributed by atoms with Crippen molar-refractivity contribution in [1.29, 1.82) is 0 Å². The van der Waals surface area contributed by atoms with E-state index in [9.17, 15) is 0 Å². The smallest absolute Gasteiger partial charge is 0.0112 e. The van der Waals surface area contributed by atoms with E-state index in [1.807, 2.05) is 6.08 Å². The summed E-state index contributed by atoms with van der Waals surface area (Å²) >= 11 is 0. The Morgan fingerprint density at radius 2 is 0.717 bits per heavy atom. The number of hydrogen-bond acceptors (Lipinski definition) is 0. The maximum Gasteiger partial charge on any atom is 0.0112 e. The molecule has 0 heteroatoms. The zero-order valence-corrected chi connectivity index (χ0v) is 47.8. The third kappa shape index (κ3) is 186. The van der Waals surface area contributed by atoms with Gasteiger partial charge in [0.15, 0.2) is 0 Å². The van der Waals surface area contributed by atoms with Crippen molar-refractivity contribution in [3.05, 3.63) is 37.0 Å². The molecule has 0 N–H and O–H groups in total. The van der Waals surface area contributed by atoms with E-state index in [-0.39, 0.29) is 0 Å². The number of unbranched alkanes of at least 4 members (excludes halogenated alkanes) is 3. The predicted molar refractivity (Wildman–Crippen MR) is 294 cm³/mol. The van der Waals surface area contributed by atoms with Crippen molar-refractivity contribution < 1.29 is 0 Å². The second kappa shape index (κ2) is 75.2. The van der Waals surface area contributed by atoms with Gasteiger partial charge in [-0.05, 0) is 85.4 Å². The van der Waals surface area contributed by atoms with Crippen molar-refractivity contribution in [3.63, 3.8) is 0 Å². The zero-order chi connectivity index (χ0) is 49.2. The second-order valence-electron chi connectivity index (χ2n) is 20.4. The summed E-state index contributed by atoms with van der Waals surface area (Å²) in [6.07, 6.45) is 32.7. The van der Waals surface area contributed by atoms with Gasteiger partial charge >= 0.3 is 0 Å². The maximum absolute atomic E-state index is 3.60. The highest BCUT2D eigenvalue weighted by molar-refractivity contribution is 4.98. The van der Waals surface area contributed by atoms with E-state index in [2.05, 4.69) is 223 Å². The lowest BCUT2D eigenvalue weighted by Gasteiger charge is -2.00. The minimum absolute atomic E-state index is 0.731. The molecule has 0 aliphatic rings. The molecule has 0 atom stereocenters. The fourth-order valence-electron chi connectivity index (χ4n) is 3.80. The van der Waals surface area contributed by atoms with Crippen LogP contribution in [0.4, 0.5) is 0 Å². The highest BCUT2D eigenvalue weighted by atomic mass is 14.0. The standard InChI is InChI=1S/C8H18.2C8H16.C8H14.C7H16.C6H14.C6H12.C5H12.C4H10/c4*1-4-5-6-7-8(2)3;1-4-5-6-7(2)3;2*1-4-5-6(2)3;1-4-5(2)3;1-4(2)3/h8H,4-7H2,1-3H3;2*5-6,8H,4,7H2,1-3H3;8H,4,7H2,1-3H3;7H,4-6H2,1-3H3;6H,4-5H2,1-3H3;4,6H,1,5H2,2-3H3;5H,4H2,1-3H3;4H,1-3H3/b;6-5+;6-5-;;;;;;. The third-order valence-corrected chi connectivity index (χ3v) is 7.67. The predicted octanol–water partition coefficient (Wildman–Crippen LogP) is 22.9. The molecule has 0 aromatic rings. The van der Waals surface area contributed by atoms with Gasteiger partial charge in [-0.25, -0.2) is 0 Å². The molecule has 0 heterocycles. The van der Waals surface area contributed by atoms with Gasteiger partial charge in [-0.1, -0.05) is 275 Å². The summed E-state index contributed by atoms with van der Waals surface area (Å²) in [5.41, 5.74) is 0. The summed E-state index contributed by atoms with van der Waals surface area (Å²) < 4.78 is 0. The number of allylic oxidation sites excluding steroid dienone is 5. The van der Waals surface area contributed by atoms with Crippen LogP contribution in [0.15, 0.2) is 37.0 Å². The molecule has 0 aromatic carbocycles. The third-order valence-electron chi connectivity index (χ3n) is 7.67. The number of rotatable bonds is 19. The van der Waals surface area contributed by atoms with E-state index in [1.54, 1.807) is 0 Å². The Morgan fingerprint density at radius 3 is 0.883 bits per heavy atom. The molecule has 0 radical (unpaired) electrons. The maximum atomic E-state index is 3.60. The van der Waals surface area contributed by atoms with Crippen LogP contribution in [0.1, 0.15) is 289 Å². The lowest BCUT2D eigenvalue weighted by molar-refractivity contribution is 0.534. The summed E-state index contributed by atoms with van der Waals surface area (Å²) in [4.78, 5) is 0. The average molecular weight is 850 g/mol. The first-order valence-corrected chi connectivity index (χ1v) is 26.3. The lowest BCUT2D eigenvalue weighted by Crippen LogP contribution is -1.85. The van der Waals surface area contributed by atoms with Crippen LogP contribution < -0.4 is 0 Å². The van der Waals surface area contributed by atoms with Gasteiger partial charge < -0.3 is 0 Å². The highest BCUT2D eigenvalue weighted by Gasteiger charge is 1.91. The second-order valence-corrected chi connectivity index (χ2v) is 20.4. The minimum atomic E-state index is 0.731. The molecule has 368 valence electrons. The molecule has 0 aromatic heterocycles. The van der Waals surface area contributed by atoms with Gasteiger partial charge in [0.25, 0.3) is 0 Å². The van der Waals surface area contributed by atoms with Crippen LogP contribution in [-0.2, 0) is 0 Å². The molecule has 0 aliphatic carbocycles. The molecular formula is C60H128. The topological polar surface area (TPSA) is 0 Å². The molecule has 0 rings (SSSR count). The van der Waals surface area contributed by atoms with E-state index in [0.29, 0.717) is 0 Å². The van der Waals surface area contributed by atoms with Gasteiger partial charge in [0.05, 0.1) is 0 Å². The fourth-order valence-corrected chi connectivity index (χ4v) is 3.80. The highest BCUT2D eigenvalue weighted by Crippen LogP contribution is 2.07. The van der Waals surface area contributed by atoms with Gasteiger partial charge in [0, 0.05) is 12.8 Å². The first-order valence-electron chi connectivity index (χ1n) is 26.3. The molecule has 60 heavy (non-hydrogen) atoms. The average Bonchev–Trinajstić information content (AvgIpc) is 3.12. The summed E-state index contributed by atoms with van der Waals surface area (Å²) in [5.74, 6) is 13.7. The van der Waals surface area contributed by atoms with E-state index in [4.69, 9.17) is 0 Å². The van der Waals surface area contributed by atoms with E-state index < -0.39 is 0 Å². The summed E-state index contributed by atoms with van der Waals surface area (Å²) in [6.45, 7) is 61.2. The van der Waals surface area contributed by atoms with E-state index >= 15 is 0 Å². The van der Waals surface area contributed by atoms with Crippen LogP contribution in [0.3, 0.4) is 0 Å². The number of hydrogen-bond donors (Lipinski definition) is 0. The van der Waals surface area contributed by atoms with Crippen molar-refractivity contribution in [1.82, 2.24) is 0 Å². The molecule has 0 fully saturated rings. The van der Waals surface area contributed by atoms with Crippen molar-refractivity contribution in [2.24, 2.45) is 53.3 Å². The molecule has 0 spiro atoms. The van der Waals surface area contributed by atoms with Crippen LogP contribution in [0.5, 0.6) is 0 Å². The van der Waals surface area contributed by atoms with Crippen LogP contribution in [0.25, 0.3) is 0 Å². The summed E-state index contributed by atoms with van der Waals surface area (Å²) in [7, 11) is 0. The summed E-state index contributed by atoms with van der Waals surface area (Å²) in [6, 6.07) is 0. The Bertz CT molecular complexity index is 733. The van der Waals surface area contributed by atoms with Crippen molar-refractivity contribution in [3.8, 4) is 11.8 Å². The van der Waals surface area contributed by atoms with Gasteiger partial charge in [-0.2, -0.15) is 0 Å². The molecule has 0 nitrogen and oxygen atoms in total. The molecule has 0 aliphatic heterocycles. The first kappa shape index (κ1) is 79.2. The largest absolute Gasteiger partial charge is 0.104 e. The van der Waals surface area contributed by atoms with Crippen molar-refractivity contribution in [2.45, 2.75) is 289 Å². The van der Waals surface area contributed by atoms with Gasteiger partial charge in [0.1, 0.15) is 0 Å². The zero-order valence-electron chi connectivity index (χ0n) is 47.8. The van der Waals surface area contributed by atoms with Crippen LogP contribution in [0, 0.1) is 65.1 Å².